The van der Waals surface area contributed by atoms with Crippen molar-refractivity contribution in [2.45, 2.75) is 38.9 Å². The van der Waals surface area contributed by atoms with E-state index < -0.39 is 71.4 Å². The third-order valence-corrected chi connectivity index (χ3v) is 3.96. The van der Waals surface area contributed by atoms with Gasteiger partial charge in [0.2, 0.25) is 0 Å². The Hall–Kier alpha value is -2.90. The van der Waals surface area contributed by atoms with Crippen molar-refractivity contribution < 1.29 is 36.6 Å². The van der Waals surface area contributed by atoms with Crippen LogP contribution in [0.3, 0.4) is 0 Å². The highest BCUT2D eigenvalue weighted by molar-refractivity contribution is 5.78. The van der Waals surface area contributed by atoms with E-state index in [1.165, 1.54) is 26.0 Å². The number of ether oxygens (including phenoxy) is 2. The van der Waals surface area contributed by atoms with E-state index in [1.807, 2.05) is 0 Å². The summed E-state index contributed by atoms with van der Waals surface area (Å²) < 4.78 is 64.5. The third-order valence-electron chi connectivity index (χ3n) is 3.96. The third kappa shape index (κ3) is 5.31. The van der Waals surface area contributed by atoms with Crippen LogP contribution in [0.1, 0.15) is 50.0 Å². The van der Waals surface area contributed by atoms with Crippen molar-refractivity contribution in [3.05, 3.63) is 70.8 Å². The minimum atomic E-state index is -1.20. The summed E-state index contributed by atoms with van der Waals surface area (Å²) >= 11 is 0. The lowest BCUT2D eigenvalue weighted by atomic mass is 10.1. The van der Waals surface area contributed by atoms with Gasteiger partial charge in [0.05, 0.1) is 24.0 Å². The normalized spacial score (nSPS) is 12.9. The second-order valence-corrected chi connectivity index (χ2v) is 6.03. The van der Waals surface area contributed by atoms with E-state index >= 15 is 0 Å². The fourth-order valence-corrected chi connectivity index (χ4v) is 2.63. The highest BCUT2D eigenvalue weighted by Gasteiger charge is 2.22. The molecule has 0 aliphatic carbocycles. The molecule has 8 heteroatoms. The van der Waals surface area contributed by atoms with Gasteiger partial charge in [0.15, 0.2) is 0 Å². The molecular weight excluding hydrogens is 380 g/mol. The molecule has 0 fully saturated rings. The van der Waals surface area contributed by atoms with Gasteiger partial charge in [0.25, 0.3) is 0 Å². The van der Waals surface area contributed by atoms with E-state index in [4.69, 9.17) is 9.47 Å². The second-order valence-electron chi connectivity index (χ2n) is 6.03. The molecule has 0 saturated carbocycles. The Balaban J connectivity index is 1.88. The van der Waals surface area contributed by atoms with Crippen LogP contribution in [0.5, 0.6) is 0 Å². The average Bonchev–Trinajstić information content (AvgIpc) is 2.59. The van der Waals surface area contributed by atoms with Crippen molar-refractivity contribution in [1.82, 2.24) is 0 Å². The minimum absolute atomic E-state index is 0.401. The molecule has 0 aromatic heterocycles. The van der Waals surface area contributed by atoms with Gasteiger partial charge < -0.3 is 9.47 Å². The number of carbonyl (C=O) groups excluding carboxylic acids is 2. The first-order chi connectivity index (χ1) is 13.2. The Kier molecular flexibility index (Phi) is 7.14. The van der Waals surface area contributed by atoms with Crippen LogP contribution in [-0.4, -0.2) is 11.9 Å². The molecule has 2 rings (SSSR count). The maximum Gasteiger partial charge on any atom is 0.306 e. The van der Waals surface area contributed by atoms with Crippen LogP contribution in [0.15, 0.2) is 36.4 Å². The fraction of sp³-hybridized carbons (Fsp3) is 0.300. The molecule has 0 aliphatic rings. The molecule has 0 N–H and O–H groups in total. The molecule has 4 nitrogen and oxygen atoms in total. The lowest BCUT2D eigenvalue weighted by Crippen LogP contribution is -2.15. The summed E-state index contributed by atoms with van der Waals surface area (Å²) in [6.07, 6.45) is -3.25. The summed E-state index contributed by atoms with van der Waals surface area (Å²) in [7, 11) is 0. The standard InChI is InChI=1S/C20H18F4O4/c1-11(19-13(21)5-3-6-14(19)22)27-17(25)9-10-18(26)28-12(2)20-15(23)7-4-8-16(20)24/h3-8,11-12H,9-10H2,1-2H3. The monoisotopic (exact) mass is 398 g/mol. The first-order valence-electron chi connectivity index (χ1n) is 8.47. The molecule has 0 heterocycles. The summed E-state index contributed by atoms with van der Waals surface area (Å²) in [6, 6.07) is 6.48. The van der Waals surface area contributed by atoms with Gasteiger partial charge in [-0.25, -0.2) is 17.6 Å². The van der Waals surface area contributed by atoms with Crippen LogP contribution < -0.4 is 0 Å². The fourth-order valence-electron chi connectivity index (χ4n) is 2.63. The molecule has 150 valence electrons. The molecule has 2 atom stereocenters. The van der Waals surface area contributed by atoms with Crippen LogP contribution in [0.25, 0.3) is 0 Å². The summed E-state index contributed by atoms with van der Waals surface area (Å²) in [5.41, 5.74) is -0.802. The van der Waals surface area contributed by atoms with Gasteiger partial charge in [-0.15, -0.1) is 0 Å². The molecule has 0 saturated heterocycles. The van der Waals surface area contributed by atoms with Gasteiger partial charge in [0.1, 0.15) is 35.5 Å². The van der Waals surface area contributed by atoms with E-state index in [2.05, 4.69) is 0 Å². The SMILES string of the molecule is CC(OC(=O)CCC(=O)OC(C)c1c(F)cccc1F)c1c(F)cccc1F. The Morgan fingerprint density at radius 2 is 1.00 bits per heavy atom. The van der Waals surface area contributed by atoms with E-state index in [1.54, 1.807) is 0 Å². The molecule has 2 aromatic rings. The van der Waals surface area contributed by atoms with Crippen molar-refractivity contribution >= 4 is 11.9 Å². The van der Waals surface area contributed by atoms with Crippen molar-refractivity contribution in [1.29, 1.82) is 0 Å². The van der Waals surface area contributed by atoms with Crippen LogP contribution in [0.4, 0.5) is 17.6 Å². The van der Waals surface area contributed by atoms with E-state index in [0.717, 1.165) is 24.3 Å². The molecule has 0 spiro atoms. The van der Waals surface area contributed by atoms with Crippen molar-refractivity contribution in [2.75, 3.05) is 0 Å². The molecule has 0 aliphatic heterocycles. The van der Waals surface area contributed by atoms with Gasteiger partial charge in [-0.05, 0) is 38.1 Å². The Bertz CT molecular complexity index is 757. The van der Waals surface area contributed by atoms with Crippen LogP contribution >= 0.6 is 0 Å². The molecule has 0 amide bonds. The van der Waals surface area contributed by atoms with E-state index in [0.29, 0.717) is 0 Å². The predicted molar refractivity (Wildman–Crippen MR) is 91.0 cm³/mol. The zero-order valence-corrected chi connectivity index (χ0v) is 15.2. The molecule has 0 radical (unpaired) electrons. The predicted octanol–water partition coefficient (Wildman–Crippen LogP) is 4.93. The molecule has 0 bridgehead atoms. The van der Waals surface area contributed by atoms with Gasteiger partial charge in [-0.2, -0.15) is 0 Å². The number of hydrogen-bond donors (Lipinski definition) is 0. The Labute approximate surface area is 159 Å². The summed E-state index contributed by atoms with van der Waals surface area (Å²) in [5, 5.41) is 0. The van der Waals surface area contributed by atoms with Crippen LogP contribution in [0, 0.1) is 23.3 Å². The zero-order valence-electron chi connectivity index (χ0n) is 15.2. The highest BCUT2D eigenvalue weighted by Crippen LogP contribution is 2.25. The number of benzene rings is 2. The zero-order chi connectivity index (χ0) is 20.8. The maximum absolute atomic E-state index is 13.7. The van der Waals surface area contributed by atoms with Crippen LogP contribution in [0.2, 0.25) is 0 Å². The number of halogens is 4. The number of esters is 2. The lowest BCUT2D eigenvalue weighted by molar-refractivity contribution is -0.155. The van der Waals surface area contributed by atoms with E-state index in [-0.39, 0.29) is 0 Å². The topological polar surface area (TPSA) is 52.6 Å². The van der Waals surface area contributed by atoms with E-state index in [9.17, 15) is 27.2 Å². The van der Waals surface area contributed by atoms with Crippen molar-refractivity contribution in [2.24, 2.45) is 0 Å². The highest BCUT2D eigenvalue weighted by atomic mass is 19.1. The molecule has 2 unspecified atom stereocenters. The van der Waals surface area contributed by atoms with Gasteiger partial charge >= 0.3 is 11.9 Å². The smallest absolute Gasteiger partial charge is 0.306 e. The van der Waals surface area contributed by atoms with Gasteiger partial charge in [0, 0.05) is 0 Å². The van der Waals surface area contributed by atoms with Crippen LogP contribution in [-0.2, 0) is 19.1 Å². The quantitative estimate of drug-likeness (QED) is 0.490. The average molecular weight is 398 g/mol. The lowest BCUT2D eigenvalue weighted by Gasteiger charge is -2.16. The minimum Gasteiger partial charge on any atom is -0.458 e. The molecule has 28 heavy (non-hydrogen) atoms. The number of hydrogen-bond acceptors (Lipinski definition) is 4. The number of rotatable bonds is 7. The van der Waals surface area contributed by atoms with Gasteiger partial charge in [-0.3, -0.25) is 9.59 Å². The Morgan fingerprint density at radius 1 is 0.714 bits per heavy atom. The van der Waals surface area contributed by atoms with Crippen molar-refractivity contribution in [3.63, 3.8) is 0 Å². The first kappa shape index (κ1) is 21.4. The van der Waals surface area contributed by atoms with Gasteiger partial charge in [-0.1, -0.05) is 12.1 Å². The summed E-state index contributed by atoms with van der Waals surface area (Å²) in [4.78, 5) is 23.6. The first-order valence-corrected chi connectivity index (χ1v) is 8.47. The molecule has 2 aromatic carbocycles. The largest absolute Gasteiger partial charge is 0.458 e. The second kappa shape index (κ2) is 9.34. The van der Waals surface area contributed by atoms with Crippen molar-refractivity contribution in [3.8, 4) is 0 Å². The number of carbonyl (C=O) groups is 2. The Morgan fingerprint density at radius 3 is 1.29 bits per heavy atom. The summed E-state index contributed by atoms with van der Waals surface area (Å²) in [6.45, 7) is 2.58. The molecular formula is C20H18F4O4. The maximum atomic E-state index is 13.7. The summed E-state index contributed by atoms with van der Waals surface area (Å²) in [5.74, 6) is -5.20.